The number of nitrogen functional groups attached to an aromatic ring is 1. The van der Waals surface area contributed by atoms with Gasteiger partial charge in [-0.05, 0) is 12.1 Å². The number of carbonyl (C=O) groups is 1. The first-order chi connectivity index (χ1) is 8.24. The summed E-state index contributed by atoms with van der Waals surface area (Å²) < 4.78 is 53.3. The number of anilines is 1. The van der Waals surface area contributed by atoms with Crippen molar-refractivity contribution in [3.8, 4) is 5.88 Å². The van der Waals surface area contributed by atoms with Crippen molar-refractivity contribution in [2.75, 3.05) is 12.3 Å². The molecule has 100 valence electrons. The summed E-state index contributed by atoms with van der Waals surface area (Å²) >= 11 is 0. The average Bonchev–Trinajstić information content (AvgIpc) is 2.27. The van der Waals surface area contributed by atoms with Gasteiger partial charge in [-0.2, -0.15) is 8.78 Å². The minimum Gasteiger partial charge on any atom is -0.470 e. The van der Waals surface area contributed by atoms with Crippen molar-refractivity contribution >= 4 is 11.6 Å². The van der Waals surface area contributed by atoms with Gasteiger partial charge >= 0.3 is 12.3 Å². The molecule has 0 aliphatic heterocycles. The number of hydrogen-bond donors (Lipinski definition) is 2. The summed E-state index contributed by atoms with van der Waals surface area (Å²) in [5, 5.41) is 0. The Hall–Kier alpha value is -2.06. The number of halogens is 4. The zero-order valence-electron chi connectivity index (χ0n) is 8.87. The van der Waals surface area contributed by atoms with Gasteiger partial charge in [-0.25, -0.2) is 13.8 Å². The molecule has 0 radical (unpaired) electrons. The van der Waals surface area contributed by atoms with Crippen LogP contribution in [-0.2, 0) is 0 Å². The maximum absolute atomic E-state index is 12.6. The third-order valence-corrected chi connectivity index (χ3v) is 1.86. The van der Waals surface area contributed by atoms with E-state index < -0.39 is 30.7 Å². The van der Waals surface area contributed by atoms with E-state index in [1.165, 1.54) is 0 Å². The van der Waals surface area contributed by atoms with Gasteiger partial charge in [0.05, 0.1) is 5.69 Å². The monoisotopic (exact) mass is 267 g/mol. The highest BCUT2D eigenvalue weighted by Gasteiger charge is 2.42. The quantitative estimate of drug-likeness (QED) is 0.780. The fourth-order valence-corrected chi connectivity index (χ4v) is 0.932. The Morgan fingerprint density at radius 2 is 2.06 bits per heavy atom. The second-order valence-electron chi connectivity index (χ2n) is 3.31. The van der Waals surface area contributed by atoms with Gasteiger partial charge in [-0.15, -0.1) is 0 Å². The predicted octanol–water partition coefficient (Wildman–Crippen LogP) is 1.04. The van der Waals surface area contributed by atoms with Crippen LogP contribution in [0.5, 0.6) is 5.88 Å². The molecule has 0 aliphatic carbocycles. The van der Waals surface area contributed by atoms with Crippen molar-refractivity contribution in [1.29, 1.82) is 0 Å². The van der Waals surface area contributed by atoms with Crippen LogP contribution in [0.15, 0.2) is 12.1 Å². The molecule has 1 heterocycles. The second kappa shape index (κ2) is 5.07. The minimum atomic E-state index is -4.34. The summed E-state index contributed by atoms with van der Waals surface area (Å²) in [4.78, 5) is 14.2. The van der Waals surface area contributed by atoms with E-state index in [9.17, 15) is 22.4 Å². The maximum atomic E-state index is 12.6. The Balaban J connectivity index is 2.85. The summed E-state index contributed by atoms with van der Waals surface area (Å²) in [5.41, 5.74) is 9.77. The van der Waals surface area contributed by atoms with Gasteiger partial charge in [0.1, 0.15) is 5.69 Å². The Bertz CT molecular complexity index is 453. The summed E-state index contributed by atoms with van der Waals surface area (Å²) in [6, 6.07) is 2.29. The largest absolute Gasteiger partial charge is 0.470 e. The van der Waals surface area contributed by atoms with Crippen molar-refractivity contribution < 1.29 is 27.1 Å². The number of primary amides is 1. The molecule has 0 bridgehead atoms. The first-order valence-corrected chi connectivity index (χ1v) is 4.59. The number of amides is 1. The lowest BCUT2D eigenvalue weighted by Gasteiger charge is -2.16. The Kier molecular flexibility index (Phi) is 3.94. The molecule has 18 heavy (non-hydrogen) atoms. The van der Waals surface area contributed by atoms with Crippen molar-refractivity contribution in [2.45, 2.75) is 12.3 Å². The van der Waals surface area contributed by atoms with Crippen LogP contribution in [0.4, 0.5) is 23.2 Å². The van der Waals surface area contributed by atoms with E-state index in [-0.39, 0.29) is 11.4 Å². The van der Waals surface area contributed by atoms with E-state index in [2.05, 4.69) is 9.72 Å². The van der Waals surface area contributed by atoms with E-state index in [0.29, 0.717) is 0 Å². The standard InChI is InChI=1S/C9H9F4N3O2/c10-8(11)9(12,13)3-18-7-4(14)1-2-5(16-7)6(15)17/h1-2,8H,3,14H2,(H2,15,17). The second-order valence-corrected chi connectivity index (χ2v) is 3.31. The molecule has 0 spiro atoms. The first-order valence-electron chi connectivity index (χ1n) is 4.59. The van der Waals surface area contributed by atoms with Crippen LogP contribution in [-0.4, -0.2) is 29.8 Å². The molecule has 0 fully saturated rings. The molecular formula is C9H9F4N3O2. The third-order valence-electron chi connectivity index (χ3n) is 1.86. The summed E-state index contributed by atoms with van der Waals surface area (Å²) in [6.45, 7) is -1.61. The zero-order valence-corrected chi connectivity index (χ0v) is 8.87. The van der Waals surface area contributed by atoms with Crippen molar-refractivity contribution in [2.24, 2.45) is 5.73 Å². The lowest BCUT2D eigenvalue weighted by molar-refractivity contribution is -0.148. The fraction of sp³-hybridized carbons (Fsp3) is 0.333. The lowest BCUT2D eigenvalue weighted by atomic mass is 10.3. The lowest BCUT2D eigenvalue weighted by Crippen LogP contribution is -2.34. The van der Waals surface area contributed by atoms with Crippen LogP contribution in [0.2, 0.25) is 0 Å². The highest BCUT2D eigenvalue weighted by Crippen LogP contribution is 2.25. The predicted molar refractivity (Wildman–Crippen MR) is 53.6 cm³/mol. The highest BCUT2D eigenvalue weighted by atomic mass is 19.3. The number of alkyl halides is 4. The molecular weight excluding hydrogens is 258 g/mol. The number of pyridine rings is 1. The van der Waals surface area contributed by atoms with Gasteiger partial charge in [0.2, 0.25) is 5.88 Å². The molecule has 0 saturated heterocycles. The van der Waals surface area contributed by atoms with Crippen LogP contribution >= 0.6 is 0 Å². The van der Waals surface area contributed by atoms with Gasteiger partial charge in [-0.1, -0.05) is 0 Å². The summed E-state index contributed by atoms with van der Waals surface area (Å²) in [7, 11) is 0. The maximum Gasteiger partial charge on any atom is 0.340 e. The molecule has 1 amide bonds. The Labute approximate surface area is 98.7 Å². The molecule has 4 N–H and O–H groups in total. The number of ether oxygens (including phenoxy) is 1. The molecule has 0 aliphatic rings. The van der Waals surface area contributed by atoms with Gasteiger partial charge in [0.15, 0.2) is 6.61 Å². The van der Waals surface area contributed by atoms with E-state index in [1.54, 1.807) is 0 Å². The van der Waals surface area contributed by atoms with Gasteiger partial charge in [0.25, 0.3) is 5.91 Å². The minimum absolute atomic E-state index is 0.176. The highest BCUT2D eigenvalue weighted by molar-refractivity contribution is 5.91. The SMILES string of the molecule is NC(=O)c1ccc(N)c(OCC(F)(F)C(F)F)n1. The van der Waals surface area contributed by atoms with E-state index in [0.717, 1.165) is 12.1 Å². The van der Waals surface area contributed by atoms with Gasteiger partial charge in [0, 0.05) is 0 Å². The molecule has 0 unspecified atom stereocenters. The fourth-order valence-electron chi connectivity index (χ4n) is 0.932. The smallest absolute Gasteiger partial charge is 0.340 e. The number of nitrogens with zero attached hydrogens (tertiary/aromatic N) is 1. The van der Waals surface area contributed by atoms with Crippen molar-refractivity contribution in [3.63, 3.8) is 0 Å². The third kappa shape index (κ3) is 3.22. The molecule has 9 heteroatoms. The normalized spacial score (nSPS) is 11.6. The van der Waals surface area contributed by atoms with Crippen LogP contribution in [0.1, 0.15) is 10.5 Å². The molecule has 1 aromatic heterocycles. The van der Waals surface area contributed by atoms with Gasteiger partial charge < -0.3 is 16.2 Å². The molecule has 5 nitrogen and oxygen atoms in total. The van der Waals surface area contributed by atoms with Crippen LogP contribution in [0, 0.1) is 0 Å². The molecule has 0 saturated carbocycles. The van der Waals surface area contributed by atoms with Crippen LogP contribution < -0.4 is 16.2 Å². The molecule has 1 aromatic rings. The number of aromatic nitrogens is 1. The number of nitrogens with two attached hydrogens (primary N) is 2. The Morgan fingerprint density at radius 1 is 1.44 bits per heavy atom. The summed E-state index contributed by atoms with van der Waals surface area (Å²) in [5.74, 6) is -5.82. The van der Waals surface area contributed by atoms with E-state index in [1.807, 2.05) is 0 Å². The number of hydrogen-bond acceptors (Lipinski definition) is 4. The number of rotatable bonds is 5. The molecule has 0 aromatic carbocycles. The van der Waals surface area contributed by atoms with E-state index in [4.69, 9.17) is 11.5 Å². The van der Waals surface area contributed by atoms with Crippen molar-refractivity contribution in [1.82, 2.24) is 4.98 Å². The average molecular weight is 267 g/mol. The summed E-state index contributed by atoms with van der Waals surface area (Å²) in [6.07, 6.45) is -3.88. The zero-order chi connectivity index (χ0) is 13.9. The van der Waals surface area contributed by atoms with Crippen LogP contribution in [0.3, 0.4) is 0 Å². The topological polar surface area (TPSA) is 91.2 Å². The van der Waals surface area contributed by atoms with Crippen molar-refractivity contribution in [3.05, 3.63) is 17.8 Å². The first kappa shape index (κ1) is 14.0. The van der Waals surface area contributed by atoms with Crippen LogP contribution in [0.25, 0.3) is 0 Å². The Morgan fingerprint density at radius 3 is 2.56 bits per heavy atom. The number of carbonyl (C=O) groups excluding carboxylic acids is 1. The molecule has 1 rings (SSSR count). The van der Waals surface area contributed by atoms with Gasteiger partial charge in [-0.3, -0.25) is 4.79 Å². The molecule has 0 atom stereocenters. The van der Waals surface area contributed by atoms with E-state index >= 15 is 0 Å².